The van der Waals surface area contributed by atoms with Crippen LogP contribution in [0.2, 0.25) is 0 Å². The fraction of sp³-hybridized carbons (Fsp3) is 0.533. The maximum absolute atomic E-state index is 7.71. The van der Waals surface area contributed by atoms with E-state index in [2.05, 4.69) is 24.1 Å². The van der Waals surface area contributed by atoms with Crippen LogP contribution in [0.25, 0.3) is 0 Å². The molecule has 1 aromatic carbocycles. The normalized spacial score (nSPS) is 19.2. The molecule has 1 saturated heterocycles. The zero-order valence-corrected chi connectivity index (χ0v) is 11.8. The highest BCUT2D eigenvalue weighted by Crippen LogP contribution is 2.23. The Hall–Kier alpha value is -1.55. The summed E-state index contributed by atoms with van der Waals surface area (Å²) in [6, 6.07) is 6.09. The van der Waals surface area contributed by atoms with Crippen molar-refractivity contribution in [3.63, 3.8) is 0 Å². The van der Waals surface area contributed by atoms with E-state index < -0.39 is 0 Å². The number of hydrogen-bond acceptors (Lipinski definition) is 3. The lowest BCUT2D eigenvalue weighted by molar-refractivity contribution is 0.0576. The van der Waals surface area contributed by atoms with Crippen LogP contribution in [0.15, 0.2) is 18.2 Å². The summed E-state index contributed by atoms with van der Waals surface area (Å²) < 4.78 is 5.52. The van der Waals surface area contributed by atoms with Crippen molar-refractivity contribution in [2.75, 3.05) is 31.7 Å². The van der Waals surface area contributed by atoms with E-state index in [9.17, 15) is 0 Å². The number of ether oxygens (including phenoxy) is 1. The molecule has 1 heterocycles. The summed E-state index contributed by atoms with van der Waals surface area (Å²) in [5.41, 5.74) is 8.66. The van der Waals surface area contributed by atoms with Gasteiger partial charge < -0.3 is 15.4 Å². The van der Waals surface area contributed by atoms with E-state index in [1.165, 1.54) is 6.42 Å². The van der Waals surface area contributed by atoms with Gasteiger partial charge in [0.25, 0.3) is 0 Å². The number of rotatable bonds is 4. The molecule has 104 valence electrons. The molecule has 4 nitrogen and oxygen atoms in total. The fourth-order valence-electron chi connectivity index (χ4n) is 2.64. The van der Waals surface area contributed by atoms with Gasteiger partial charge in [-0.15, -0.1) is 0 Å². The van der Waals surface area contributed by atoms with Crippen molar-refractivity contribution in [1.29, 1.82) is 5.41 Å². The predicted octanol–water partition coefficient (Wildman–Crippen LogP) is 2.14. The van der Waals surface area contributed by atoms with Crippen LogP contribution in [0.1, 0.15) is 24.0 Å². The van der Waals surface area contributed by atoms with Gasteiger partial charge in [-0.05, 0) is 37.8 Å². The highest BCUT2D eigenvalue weighted by Gasteiger charge is 2.18. The van der Waals surface area contributed by atoms with Crippen molar-refractivity contribution in [3.05, 3.63) is 29.3 Å². The molecule has 1 aliphatic heterocycles. The highest BCUT2D eigenvalue weighted by molar-refractivity contribution is 6.00. The minimum absolute atomic E-state index is 0.130. The lowest BCUT2D eigenvalue weighted by atomic mass is 10.0. The van der Waals surface area contributed by atoms with Gasteiger partial charge in [-0.3, -0.25) is 5.41 Å². The van der Waals surface area contributed by atoms with Crippen molar-refractivity contribution in [1.82, 2.24) is 0 Å². The Morgan fingerprint density at radius 3 is 2.95 bits per heavy atom. The summed E-state index contributed by atoms with van der Waals surface area (Å²) >= 11 is 0. The van der Waals surface area contributed by atoms with Crippen molar-refractivity contribution in [3.8, 4) is 0 Å². The molecule has 19 heavy (non-hydrogen) atoms. The Morgan fingerprint density at radius 2 is 2.32 bits per heavy atom. The number of hydrogen-bond donors (Lipinski definition) is 2. The highest BCUT2D eigenvalue weighted by atomic mass is 16.5. The Labute approximate surface area is 115 Å². The maximum atomic E-state index is 7.71. The topological polar surface area (TPSA) is 62.3 Å². The van der Waals surface area contributed by atoms with Gasteiger partial charge in [0.1, 0.15) is 5.84 Å². The molecule has 4 heteroatoms. The molecule has 0 bridgehead atoms. The second-order valence-electron chi connectivity index (χ2n) is 5.40. The molecule has 3 N–H and O–H groups in total. The third-order valence-corrected chi connectivity index (χ3v) is 3.64. The van der Waals surface area contributed by atoms with Crippen LogP contribution >= 0.6 is 0 Å². The van der Waals surface area contributed by atoms with Gasteiger partial charge in [-0.1, -0.05) is 11.6 Å². The first-order chi connectivity index (χ1) is 9.08. The number of nitrogens with two attached hydrogens (primary N) is 1. The van der Waals surface area contributed by atoms with Gasteiger partial charge in [0, 0.05) is 31.5 Å². The largest absolute Gasteiger partial charge is 0.384 e. The van der Waals surface area contributed by atoms with Crippen molar-refractivity contribution in [2.24, 2.45) is 11.7 Å². The lowest BCUT2D eigenvalue weighted by Gasteiger charge is -2.29. The van der Waals surface area contributed by atoms with E-state index >= 15 is 0 Å². The quantitative estimate of drug-likeness (QED) is 0.645. The third-order valence-electron chi connectivity index (χ3n) is 3.64. The van der Waals surface area contributed by atoms with Crippen LogP contribution in [-0.2, 0) is 4.74 Å². The average Bonchev–Trinajstić information content (AvgIpc) is 2.39. The molecule has 1 fully saturated rings. The summed E-state index contributed by atoms with van der Waals surface area (Å²) in [5.74, 6) is 0.699. The zero-order valence-electron chi connectivity index (χ0n) is 11.8. The van der Waals surface area contributed by atoms with Crippen LogP contribution in [0, 0.1) is 18.3 Å². The Balaban J connectivity index is 2.13. The first-order valence-corrected chi connectivity index (χ1v) is 6.82. The number of nitrogens with zero attached hydrogens (tertiary/aromatic N) is 1. The summed E-state index contributed by atoms with van der Waals surface area (Å²) in [4.78, 5) is 2.19. The molecule has 1 aliphatic rings. The number of nitrogens with one attached hydrogen (secondary N) is 1. The zero-order chi connectivity index (χ0) is 13.8. The van der Waals surface area contributed by atoms with Crippen molar-refractivity contribution >= 4 is 11.5 Å². The van der Waals surface area contributed by atoms with Gasteiger partial charge in [0.05, 0.1) is 6.61 Å². The molecular weight excluding hydrogens is 238 g/mol. The van der Waals surface area contributed by atoms with Gasteiger partial charge in [0.2, 0.25) is 0 Å². The minimum Gasteiger partial charge on any atom is -0.384 e. The van der Waals surface area contributed by atoms with E-state index in [0.717, 1.165) is 43.0 Å². The minimum atomic E-state index is 0.130. The van der Waals surface area contributed by atoms with Gasteiger partial charge >= 0.3 is 0 Å². The van der Waals surface area contributed by atoms with E-state index in [1.807, 2.05) is 13.0 Å². The number of aryl methyl sites for hydroxylation is 1. The number of benzene rings is 1. The predicted molar refractivity (Wildman–Crippen MR) is 79.0 cm³/mol. The van der Waals surface area contributed by atoms with Crippen LogP contribution < -0.4 is 10.6 Å². The van der Waals surface area contributed by atoms with E-state index in [0.29, 0.717) is 5.92 Å². The van der Waals surface area contributed by atoms with Crippen molar-refractivity contribution in [2.45, 2.75) is 19.8 Å². The molecule has 0 amide bonds. The maximum Gasteiger partial charge on any atom is 0.124 e. The second-order valence-corrected chi connectivity index (χ2v) is 5.40. The van der Waals surface area contributed by atoms with Crippen LogP contribution in [0.4, 0.5) is 5.69 Å². The number of amidine groups is 1. The summed E-state index contributed by atoms with van der Waals surface area (Å²) in [6.07, 6.45) is 2.36. The molecular formula is C15H23N3O. The Kier molecular flexibility index (Phi) is 4.43. The SMILES string of the molecule is Cc1ccc(N(C)CC2CCCOC2)c(C(=N)N)c1. The molecule has 2 rings (SSSR count). The Bertz CT molecular complexity index is 453. The van der Waals surface area contributed by atoms with Gasteiger partial charge in [0.15, 0.2) is 0 Å². The van der Waals surface area contributed by atoms with E-state index in [-0.39, 0.29) is 5.84 Å². The summed E-state index contributed by atoms with van der Waals surface area (Å²) in [7, 11) is 2.06. The van der Waals surface area contributed by atoms with Crippen LogP contribution in [0.3, 0.4) is 0 Å². The summed E-state index contributed by atoms with van der Waals surface area (Å²) in [5, 5.41) is 7.71. The Morgan fingerprint density at radius 1 is 1.53 bits per heavy atom. The molecule has 1 atom stereocenters. The summed E-state index contributed by atoms with van der Waals surface area (Å²) in [6.45, 7) is 4.70. The first-order valence-electron chi connectivity index (χ1n) is 6.82. The average molecular weight is 261 g/mol. The fourth-order valence-corrected chi connectivity index (χ4v) is 2.64. The number of nitrogen functional groups attached to an aromatic ring is 1. The van der Waals surface area contributed by atoms with E-state index in [1.54, 1.807) is 0 Å². The molecule has 0 spiro atoms. The standard InChI is InChI=1S/C15H23N3O/c1-11-5-6-14(13(8-11)15(16)17)18(2)9-12-4-3-7-19-10-12/h5-6,8,12H,3-4,7,9-10H2,1-2H3,(H3,16,17). The van der Waals surface area contributed by atoms with E-state index in [4.69, 9.17) is 15.9 Å². The molecule has 0 radical (unpaired) electrons. The monoisotopic (exact) mass is 261 g/mol. The molecule has 0 aliphatic carbocycles. The van der Waals surface area contributed by atoms with Gasteiger partial charge in [-0.25, -0.2) is 0 Å². The van der Waals surface area contributed by atoms with Crippen molar-refractivity contribution < 1.29 is 4.74 Å². The van der Waals surface area contributed by atoms with Crippen LogP contribution in [-0.4, -0.2) is 32.6 Å². The second kappa shape index (κ2) is 6.06. The van der Waals surface area contributed by atoms with Gasteiger partial charge in [-0.2, -0.15) is 0 Å². The molecule has 1 aromatic rings. The smallest absolute Gasteiger partial charge is 0.124 e. The molecule has 0 aromatic heterocycles. The molecule has 0 saturated carbocycles. The molecule has 1 unspecified atom stereocenters. The third kappa shape index (κ3) is 3.47. The number of anilines is 1. The van der Waals surface area contributed by atoms with Crippen LogP contribution in [0.5, 0.6) is 0 Å². The lowest BCUT2D eigenvalue weighted by Crippen LogP contribution is -2.32. The first kappa shape index (κ1) is 13.9.